The highest BCUT2D eigenvalue weighted by atomic mass is 16.5. The number of aromatic nitrogens is 6. The van der Waals surface area contributed by atoms with Crippen LogP contribution < -0.4 is 5.43 Å². The van der Waals surface area contributed by atoms with Gasteiger partial charge in [0.25, 0.3) is 0 Å². The quantitative estimate of drug-likeness (QED) is 0.403. The molecule has 9 heteroatoms. The van der Waals surface area contributed by atoms with Crippen LogP contribution in [0.3, 0.4) is 0 Å². The van der Waals surface area contributed by atoms with Gasteiger partial charge in [-0.15, -0.1) is 0 Å². The maximum absolute atomic E-state index is 12.3. The third kappa shape index (κ3) is 5.33. The topological polar surface area (TPSA) is 96.8 Å². The Kier molecular flexibility index (Phi) is 6.02. The molecule has 0 unspecified atom stereocenters. The van der Waals surface area contributed by atoms with E-state index in [4.69, 9.17) is 4.74 Å². The monoisotopic (exact) mass is 418 g/mol. The van der Waals surface area contributed by atoms with E-state index in [1.165, 1.54) is 6.07 Å². The number of imidazole rings is 1. The molecule has 0 aliphatic carbocycles. The maximum Gasteiger partial charge on any atom is 0.310 e. The van der Waals surface area contributed by atoms with Gasteiger partial charge in [0.2, 0.25) is 5.43 Å². The van der Waals surface area contributed by atoms with Gasteiger partial charge in [-0.25, -0.2) is 9.67 Å². The molecule has 4 aromatic rings. The van der Waals surface area contributed by atoms with E-state index < -0.39 is 0 Å². The zero-order valence-corrected chi connectivity index (χ0v) is 17.1. The Balaban J connectivity index is 1.40. The molecule has 0 spiro atoms. The summed E-state index contributed by atoms with van der Waals surface area (Å²) >= 11 is 0. The van der Waals surface area contributed by atoms with Crippen molar-refractivity contribution in [1.29, 1.82) is 0 Å². The molecule has 0 bridgehead atoms. The van der Waals surface area contributed by atoms with E-state index >= 15 is 0 Å². The highest BCUT2D eigenvalue weighted by Gasteiger charge is 2.09. The molecule has 1 aromatic carbocycles. The van der Waals surface area contributed by atoms with Crippen LogP contribution in [0.15, 0.2) is 72.4 Å². The second-order valence-corrected chi connectivity index (χ2v) is 7.14. The number of esters is 1. The molecule has 0 saturated heterocycles. The van der Waals surface area contributed by atoms with Crippen molar-refractivity contribution < 1.29 is 9.53 Å². The Labute approximate surface area is 178 Å². The van der Waals surface area contributed by atoms with Gasteiger partial charge in [-0.05, 0) is 11.1 Å². The van der Waals surface area contributed by atoms with Crippen molar-refractivity contribution in [2.24, 2.45) is 7.05 Å². The zero-order chi connectivity index (χ0) is 21.6. The Morgan fingerprint density at radius 1 is 1.16 bits per heavy atom. The molecule has 3 heterocycles. The van der Waals surface area contributed by atoms with Crippen molar-refractivity contribution in [1.82, 2.24) is 29.1 Å². The van der Waals surface area contributed by atoms with Gasteiger partial charge in [-0.3, -0.25) is 14.3 Å². The lowest BCUT2D eigenvalue weighted by molar-refractivity contribution is -0.143. The van der Waals surface area contributed by atoms with Gasteiger partial charge in [-0.2, -0.15) is 10.2 Å². The van der Waals surface area contributed by atoms with Crippen LogP contribution in [0.5, 0.6) is 0 Å². The van der Waals surface area contributed by atoms with Gasteiger partial charge in [-0.1, -0.05) is 24.3 Å². The largest absolute Gasteiger partial charge is 0.464 e. The van der Waals surface area contributed by atoms with Crippen LogP contribution in [0.1, 0.15) is 16.8 Å². The van der Waals surface area contributed by atoms with E-state index in [0.29, 0.717) is 18.7 Å². The first-order valence-electron chi connectivity index (χ1n) is 9.84. The lowest BCUT2D eigenvalue weighted by atomic mass is 10.0. The van der Waals surface area contributed by atoms with Crippen molar-refractivity contribution >= 4 is 5.97 Å². The third-order valence-electron chi connectivity index (χ3n) is 4.72. The van der Waals surface area contributed by atoms with Crippen LogP contribution in [0.4, 0.5) is 0 Å². The summed E-state index contributed by atoms with van der Waals surface area (Å²) in [6.45, 7) is 0.853. The summed E-state index contributed by atoms with van der Waals surface area (Å²) in [6, 6.07) is 9.05. The number of nitrogens with zero attached hydrogens (tertiary/aromatic N) is 6. The Morgan fingerprint density at radius 3 is 2.81 bits per heavy atom. The SMILES string of the molecule is Cn1cc(-n2ccc(=O)c(Cc3cccc(CC(=O)OCCn4ccnc4)c3)n2)cn1. The van der Waals surface area contributed by atoms with Gasteiger partial charge in [0.1, 0.15) is 18.0 Å². The van der Waals surface area contributed by atoms with Gasteiger partial charge in [0, 0.05) is 38.1 Å². The number of hydrogen-bond donors (Lipinski definition) is 0. The number of benzene rings is 1. The predicted molar refractivity (Wildman–Crippen MR) is 113 cm³/mol. The Hall–Kier alpha value is -4.01. The first-order chi connectivity index (χ1) is 15.1. The van der Waals surface area contributed by atoms with Crippen molar-refractivity contribution in [3.05, 3.63) is 94.7 Å². The van der Waals surface area contributed by atoms with E-state index in [2.05, 4.69) is 15.2 Å². The molecule has 0 aliphatic rings. The molecule has 0 saturated carbocycles. The summed E-state index contributed by atoms with van der Waals surface area (Å²) in [7, 11) is 1.82. The number of carbonyl (C=O) groups is 1. The average molecular weight is 418 g/mol. The highest BCUT2D eigenvalue weighted by Crippen LogP contribution is 2.11. The molecule has 0 aliphatic heterocycles. The molecule has 0 amide bonds. The molecule has 31 heavy (non-hydrogen) atoms. The normalized spacial score (nSPS) is 10.9. The van der Waals surface area contributed by atoms with Gasteiger partial charge in [0.15, 0.2) is 0 Å². The van der Waals surface area contributed by atoms with Crippen LogP contribution in [0, 0.1) is 0 Å². The molecule has 9 nitrogen and oxygen atoms in total. The van der Waals surface area contributed by atoms with E-state index in [0.717, 1.165) is 16.8 Å². The molecule has 3 aromatic heterocycles. The summed E-state index contributed by atoms with van der Waals surface area (Å²) < 4.78 is 10.5. The first kappa shape index (κ1) is 20.3. The summed E-state index contributed by atoms with van der Waals surface area (Å²) in [5.74, 6) is -0.297. The van der Waals surface area contributed by atoms with Crippen molar-refractivity contribution in [2.45, 2.75) is 19.4 Å². The lowest BCUT2D eigenvalue weighted by Gasteiger charge is -2.08. The lowest BCUT2D eigenvalue weighted by Crippen LogP contribution is -2.16. The molecule has 158 valence electrons. The van der Waals surface area contributed by atoms with Crippen molar-refractivity contribution in [2.75, 3.05) is 6.61 Å². The van der Waals surface area contributed by atoms with E-state index in [1.807, 2.05) is 48.3 Å². The van der Waals surface area contributed by atoms with Crippen molar-refractivity contribution in [3.8, 4) is 5.69 Å². The molecular formula is C22H22N6O3. The molecule has 0 fully saturated rings. The second kappa shape index (κ2) is 9.21. The second-order valence-electron chi connectivity index (χ2n) is 7.14. The van der Waals surface area contributed by atoms with Crippen LogP contribution >= 0.6 is 0 Å². The summed E-state index contributed by atoms with van der Waals surface area (Å²) in [4.78, 5) is 28.4. The van der Waals surface area contributed by atoms with Crippen molar-refractivity contribution in [3.63, 3.8) is 0 Å². The highest BCUT2D eigenvalue weighted by molar-refractivity contribution is 5.72. The molecule has 4 rings (SSSR count). The minimum absolute atomic E-state index is 0.135. The summed E-state index contributed by atoms with van der Waals surface area (Å²) in [6.07, 6.45) is 10.8. The number of rotatable bonds is 8. The number of carbonyl (C=O) groups excluding carboxylic acids is 1. The minimum Gasteiger partial charge on any atom is -0.464 e. The molecule has 0 radical (unpaired) electrons. The van der Waals surface area contributed by atoms with Gasteiger partial charge in [0.05, 0.1) is 31.7 Å². The fraction of sp³-hybridized carbons (Fsp3) is 0.227. The van der Waals surface area contributed by atoms with Crippen LogP contribution in [0.25, 0.3) is 5.69 Å². The zero-order valence-electron chi connectivity index (χ0n) is 17.1. The minimum atomic E-state index is -0.297. The number of aryl methyl sites for hydroxylation is 1. The van der Waals surface area contributed by atoms with Crippen LogP contribution in [-0.2, 0) is 36.0 Å². The van der Waals surface area contributed by atoms with E-state index in [9.17, 15) is 9.59 Å². The smallest absolute Gasteiger partial charge is 0.310 e. The third-order valence-corrected chi connectivity index (χ3v) is 4.72. The van der Waals surface area contributed by atoms with E-state index in [-0.39, 0.29) is 24.4 Å². The van der Waals surface area contributed by atoms with Gasteiger partial charge < -0.3 is 9.30 Å². The number of hydrogen-bond acceptors (Lipinski definition) is 6. The maximum atomic E-state index is 12.3. The molecule has 0 atom stereocenters. The summed E-state index contributed by atoms with van der Waals surface area (Å²) in [5.41, 5.74) is 2.79. The first-order valence-corrected chi connectivity index (χ1v) is 9.84. The Morgan fingerprint density at radius 2 is 2.03 bits per heavy atom. The van der Waals surface area contributed by atoms with E-state index in [1.54, 1.807) is 34.3 Å². The predicted octanol–water partition coefficient (Wildman–Crippen LogP) is 1.54. The van der Waals surface area contributed by atoms with Gasteiger partial charge >= 0.3 is 5.97 Å². The fourth-order valence-corrected chi connectivity index (χ4v) is 3.18. The van der Waals surface area contributed by atoms with Crippen LogP contribution in [0.2, 0.25) is 0 Å². The molecular weight excluding hydrogens is 396 g/mol. The number of ether oxygens (including phenoxy) is 1. The standard InChI is InChI=1S/C22H22N6O3/c1-26-15-19(14-24-26)28-7-5-21(29)20(25-28)12-17-3-2-4-18(11-17)13-22(30)31-10-9-27-8-6-23-16-27/h2-8,11,14-16H,9-10,12-13H2,1H3. The fourth-order valence-electron chi connectivity index (χ4n) is 3.18. The summed E-state index contributed by atoms with van der Waals surface area (Å²) in [5, 5.41) is 8.59. The molecule has 0 N–H and O–H groups in total. The van der Waals surface area contributed by atoms with Crippen LogP contribution in [-0.4, -0.2) is 41.7 Å². The average Bonchev–Trinajstić information content (AvgIpc) is 3.42. The Bertz CT molecular complexity index is 1230.